The van der Waals surface area contributed by atoms with E-state index in [2.05, 4.69) is 34.6 Å². The number of hydrogen-bond acceptors (Lipinski definition) is 4. The lowest BCUT2D eigenvalue weighted by atomic mass is 10.2. The van der Waals surface area contributed by atoms with Gasteiger partial charge >= 0.3 is 0 Å². The number of tetrazole rings is 1. The molecule has 0 saturated carbocycles. The molecule has 102 valence electrons. The van der Waals surface area contributed by atoms with E-state index in [1.54, 1.807) is 4.80 Å². The fourth-order valence-corrected chi connectivity index (χ4v) is 1.81. The molecule has 5 heteroatoms. The average molecular weight is 259 g/mol. The molecule has 0 aliphatic carbocycles. The minimum Gasteiger partial charge on any atom is -0.315 e. The van der Waals surface area contributed by atoms with Crippen LogP contribution in [0, 0.1) is 0 Å². The molecule has 0 spiro atoms. The molecule has 2 aromatic rings. The molecule has 19 heavy (non-hydrogen) atoms. The summed E-state index contributed by atoms with van der Waals surface area (Å²) in [5, 5.41) is 15.9. The Balaban J connectivity index is 1.78. The minimum atomic E-state index is 0.550. The van der Waals surface area contributed by atoms with Crippen molar-refractivity contribution in [2.75, 3.05) is 6.54 Å². The lowest BCUT2D eigenvalue weighted by Gasteiger charge is -2.06. The summed E-state index contributed by atoms with van der Waals surface area (Å²) in [5.41, 5.74) is 1.01. The summed E-state index contributed by atoms with van der Waals surface area (Å²) in [7, 11) is 0. The molecular weight excluding hydrogens is 238 g/mol. The third-order valence-corrected chi connectivity index (χ3v) is 2.82. The van der Waals surface area contributed by atoms with Crippen molar-refractivity contribution >= 4 is 0 Å². The van der Waals surface area contributed by atoms with Crippen molar-refractivity contribution in [2.45, 2.75) is 39.3 Å². The quantitative estimate of drug-likeness (QED) is 0.774. The second-order valence-corrected chi connectivity index (χ2v) is 4.89. The van der Waals surface area contributed by atoms with Crippen LogP contribution in [0.15, 0.2) is 30.3 Å². The van der Waals surface area contributed by atoms with E-state index in [4.69, 9.17) is 0 Å². The Kier molecular flexibility index (Phi) is 5.03. The Hall–Kier alpha value is -1.75. The van der Waals surface area contributed by atoms with Crippen LogP contribution in [-0.2, 0) is 6.54 Å². The number of nitrogens with zero attached hydrogens (tertiary/aromatic N) is 4. The van der Waals surface area contributed by atoms with E-state index in [9.17, 15) is 0 Å². The van der Waals surface area contributed by atoms with Gasteiger partial charge in [-0.1, -0.05) is 44.2 Å². The first kappa shape index (κ1) is 13.7. The molecule has 0 fully saturated rings. The van der Waals surface area contributed by atoms with E-state index in [-0.39, 0.29) is 0 Å². The van der Waals surface area contributed by atoms with E-state index in [1.807, 2.05) is 30.3 Å². The standard InChI is InChI=1S/C14H21N5/c1-12(2)15-10-6-7-11-19-17-14(16-18-19)13-8-4-3-5-9-13/h3-5,8-9,12,15H,6-7,10-11H2,1-2H3. The summed E-state index contributed by atoms with van der Waals surface area (Å²) < 4.78 is 0. The van der Waals surface area contributed by atoms with Gasteiger partial charge in [0.05, 0.1) is 6.54 Å². The molecule has 2 rings (SSSR count). The monoisotopic (exact) mass is 259 g/mol. The van der Waals surface area contributed by atoms with Crippen molar-refractivity contribution in [2.24, 2.45) is 0 Å². The van der Waals surface area contributed by atoms with Gasteiger partial charge in [-0.2, -0.15) is 4.80 Å². The summed E-state index contributed by atoms with van der Waals surface area (Å²) in [6, 6.07) is 10.5. The number of aryl methyl sites for hydroxylation is 1. The highest BCUT2D eigenvalue weighted by Crippen LogP contribution is 2.11. The highest BCUT2D eigenvalue weighted by molar-refractivity contribution is 5.52. The second kappa shape index (κ2) is 6.99. The second-order valence-electron chi connectivity index (χ2n) is 4.89. The predicted octanol–water partition coefficient (Wildman–Crippen LogP) is 2.12. The number of nitrogens with one attached hydrogen (secondary N) is 1. The van der Waals surface area contributed by atoms with Crippen LogP contribution in [0.25, 0.3) is 11.4 Å². The van der Waals surface area contributed by atoms with E-state index < -0.39 is 0 Å². The molecular formula is C14H21N5. The molecule has 0 aliphatic heterocycles. The molecule has 5 nitrogen and oxygen atoms in total. The Morgan fingerprint density at radius 1 is 1.16 bits per heavy atom. The molecule has 0 amide bonds. The first-order chi connectivity index (χ1) is 9.25. The molecule has 1 aromatic heterocycles. The summed E-state index contributed by atoms with van der Waals surface area (Å²) >= 11 is 0. The maximum Gasteiger partial charge on any atom is 0.204 e. The van der Waals surface area contributed by atoms with Crippen LogP contribution in [-0.4, -0.2) is 32.8 Å². The number of benzene rings is 1. The van der Waals surface area contributed by atoms with Gasteiger partial charge in [-0.05, 0) is 24.6 Å². The van der Waals surface area contributed by atoms with Crippen LogP contribution >= 0.6 is 0 Å². The Labute approximate surface area is 114 Å². The average Bonchev–Trinajstić information content (AvgIpc) is 2.88. The number of aromatic nitrogens is 4. The van der Waals surface area contributed by atoms with Crippen molar-refractivity contribution in [3.63, 3.8) is 0 Å². The lowest BCUT2D eigenvalue weighted by Crippen LogP contribution is -2.23. The first-order valence-corrected chi connectivity index (χ1v) is 6.82. The Bertz CT molecular complexity index is 478. The summed E-state index contributed by atoms with van der Waals surface area (Å²) in [5.74, 6) is 0.695. The van der Waals surface area contributed by atoms with Crippen molar-refractivity contribution in [1.82, 2.24) is 25.5 Å². The van der Waals surface area contributed by atoms with E-state index in [0.29, 0.717) is 11.9 Å². The van der Waals surface area contributed by atoms with Crippen molar-refractivity contribution in [3.05, 3.63) is 30.3 Å². The maximum absolute atomic E-state index is 4.39. The molecule has 0 radical (unpaired) electrons. The predicted molar refractivity (Wildman–Crippen MR) is 75.6 cm³/mol. The number of unbranched alkanes of at least 4 members (excludes halogenated alkanes) is 1. The van der Waals surface area contributed by atoms with Crippen LogP contribution in [0.1, 0.15) is 26.7 Å². The zero-order chi connectivity index (χ0) is 13.5. The van der Waals surface area contributed by atoms with E-state index in [0.717, 1.165) is 31.5 Å². The zero-order valence-corrected chi connectivity index (χ0v) is 11.6. The molecule has 0 bridgehead atoms. The van der Waals surface area contributed by atoms with Crippen LogP contribution in [0.5, 0.6) is 0 Å². The smallest absolute Gasteiger partial charge is 0.204 e. The summed E-state index contributed by atoms with van der Waals surface area (Å²) in [4.78, 5) is 1.68. The van der Waals surface area contributed by atoms with Crippen molar-refractivity contribution in [3.8, 4) is 11.4 Å². The molecule has 0 unspecified atom stereocenters. The van der Waals surface area contributed by atoms with Gasteiger partial charge < -0.3 is 5.32 Å². The largest absolute Gasteiger partial charge is 0.315 e. The normalized spacial score (nSPS) is 11.1. The minimum absolute atomic E-state index is 0.550. The van der Waals surface area contributed by atoms with E-state index in [1.165, 1.54) is 0 Å². The summed E-state index contributed by atoms with van der Waals surface area (Å²) in [6.07, 6.45) is 2.19. The third kappa shape index (κ3) is 4.44. The molecule has 1 aromatic carbocycles. The first-order valence-electron chi connectivity index (χ1n) is 6.82. The fourth-order valence-electron chi connectivity index (χ4n) is 1.81. The SMILES string of the molecule is CC(C)NCCCCn1nnc(-c2ccccc2)n1. The number of rotatable bonds is 7. The fraction of sp³-hybridized carbons (Fsp3) is 0.500. The lowest BCUT2D eigenvalue weighted by molar-refractivity contribution is 0.470. The molecule has 0 saturated heterocycles. The molecule has 0 aliphatic rings. The topological polar surface area (TPSA) is 55.6 Å². The van der Waals surface area contributed by atoms with Crippen LogP contribution in [0.3, 0.4) is 0 Å². The van der Waals surface area contributed by atoms with Crippen molar-refractivity contribution < 1.29 is 0 Å². The third-order valence-electron chi connectivity index (χ3n) is 2.82. The van der Waals surface area contributed by atoms with Gasteiger partial charge in [-0.3, -0.25) is 0 Å². The highest BCUT2D eigenvalue weighted by Gasteiger charge is 2.04. The Morgan fingerprint density at radius 2 is 1.95 bits per heavy atom. The number of hydrogen-bond donors (Lipinski definition) is 1. The van der Waals surface area contributed by atoms with E-state index >= 15 is 0 Å². The molecule has 0 atom stereocenters. The van der Waals surface area contributed by atoms with Gasteiger partial charge in [0.1, 0.15) is 0 Å². The van der Waals surface area contributed by atoms with Gasteiger partial charge in [0.25, 0.3) is 0 Å². The van der Waals surface area contributed by atoms with Gasteiger partial charge in [-0.25, -0.2) is 0 Å². The van der Waals surface area contributed by atoms with Gasteiger partial charge in [-0.15, -0.1) is 10.2 Å². The van der Waals surface area contributed by atoms with Gasteiger partial charge in [0, 0.05) is 11.6 Å². The van der Waals surface area contributed by atoms with Gasteiger partial charge in [0.15, 0.2) is 0 Å². The highest BCUT2D eigenvalue weighted by atomic mass is 15.6. The molecule has 1 N–H and O–H groups in total. The zero-order valence-electron chi connectivity index (χ0n) is 11.6. The van der Waals surface area contributed by atoms with Crippen LogP contribution < -0.4 is 5.32 Å². The molecule has 1 heterocycles. The van der Waals surface area contributed by atoms with Crippen molar-refractivity contribution in [1.29, 1.82) is 0 Å². The van der Waals surface area contributed by atoms with Crippen LogP contribution in [0.2, 0.25) is 0 Å². The summed E-state index contributed by atoms with van der Waals surface area (Å²) in [6.45, 7) is 6.17. The van der Waals surface area contributed by atoms with Gasteiger partial charge in [0.2, 0.25) is 5.82 Å². The van der Waals surface area contributed by atoms with Crippen LogP contribution in [0.4, 0.5) is 0 Å². The Morgan fingerprint density at radius 3 is 2.68 bits per heavy atom. The maximum atomic E-state index is 4.39.